The van der Waals surface area contributed by atoms with Crippen LogP contribution in [0, 0.1) is 6.92 Å². The first-order valence-corrected chi connectivity index (χ1v) is 5.87. The van der Waals surface area contributed by atoms with Gasteiger partial charge >= 0.3 is 0 Å². The maximum Gasteiger partial charge on any atom is 0.185 e. The molecule has 0 radical (unpaired) electrons. The third-order valence-corrected chi connectivity index (χ3v) is 2.73. The van der Waals surface area contributed by atoms with Crippen LogP contribution >= 0.6 is 0 Å². The third kappa shape index (κ3) is 3.22. The fourth-order valence-electron chi connectivity index (χ4n) is 1.71. The summed E-state index contributed by atoms with van der Waals surface area (Å²) in [6.07, 6.45) is 3.05. The number of benzene rings is 2. The summed E-state index contributed by atoms with van der Waals surface area (Å²) in [5, 5.41) is 18.5. The lowest BCUT2D eigenvalue weighted by Crippen LogP contribution is -1.94. The van der Waals surface area contributed by atoms with Crippen LogP contribution in [-0.2, 0) is 0 Å². The molecule has 0 bridgehead atoms. The molecule has 0 amide bonds. The fraction of sp³-hybridized carbons (Fsp3) is 0.0625. The van der Waals surface area contributed by atoms with Crippen LogP contribution in [0.3, 0.4) is 0 Å². The molecule has 0 fully saturated rings. The fourth-order valence-corrected chi connectivity index (χ4v) is 1.71. The number of carbonyl (C=O) groups excluding carboxylic acids is 1. The summed E-state index contributed by atoms with van der Waals surface area (Å²) in [7, 11) is 0. The number of aromatic hydroxyl groups is 2. The largest absolute Gasteiger partial charge is 0.504 e. The van der Waals surface area contributed by atoms with Crippen LogP contribution in [0.25, 0.3) is 6.08 Å². The molecule has 2 aromatic rings. The zero-order valence-electron chi connectivity index (χ0n) is 10.5. The number of aryl methyl sites for hydroxylation is 1. The SMILES string of the molecule is Cc1cccc(C(=O)/C=C/c2ccc(O)c(O)c2)c1. The number of carbonyl (C=O) groups is 1. The van der Waals surface area contributed by atoms with Crippen LogP contribution in [0.2, 0.25) is 0 Å². The molecule has 2 aromatic carbocycles. The van der Waals surface area contributed by atoms with E-state index in [1.807, 2.05) is 25.1 Å². The molecule has 0 aliphatic rings. The van der Waals surface area contributed by atoms with E-state index in [-0.39, 0.29) is 17.3 Å². The van der Waals surface area contributed by atoms with Gasteiger partial charge in [-0.25, -0.2) is 0 Å². The molecule has 0 aliphatic carbocycles. The van der Waals surface area contributed by atoms with Gasteiger partial charge in [0.15, 0.2) is 17.3 Å². The van der Waals surface area contributed by atoms with Crippen LogP contribution in [0.1, 0.15) is 21.5 Å². The molecular weight excluding hydrogens is 240 g/mol. The maximum absolute atomic E-state index is 11.9. The summed E-state index contributed by atoms with van der Waals surface area (Å²) in [4.78, 5) is 11.9. The first kappa shape index (κ1) is 12.9. The van der Waals surface area contributed by atoms with Gasteiger partial charge in [0, 0.05) is 5.56 Å². The Morgan fingerprint density at radius 1 is 1.05 bits per heavy atom. The van der Waals surface area contributed by atoms with E-state index in [0.29, 0.717) is 11.1 Å². The number of hydrogen-bond acceptors (Lipinski definition) is 3. The smallest absolute Gasteiger partial charge is 0.185 e. The van der Waals surface area contributed by atoms with Gasteiger partial charge in [-0.1, -0.05) is 35.9 Å². The van der Waals surface area contributed by atoms with E-state index in [1.54, 1.807) is 18.2 Å². The summed E-state index contributed by atoms with van der Waals surface area (Å²) in [6.45, 7) is 1.93. The van der Waals surface area contributed by atoms with Gasteiger partial charge in [-0.15, -0.1) is 0 Å². The van der Waals surface area contributed by atoms with Gasteiger partial charge in [0.25, 0.3) is 0 Å². The van der Waals surface area contributed by atoms with E-state index in [2.05, 4.69) is 0 Å². The van der Waals surface area contributed by atoms with Gasteiger partial charge in [0.2, 0.25) is 0 Å². The standard InChI is InChI=1S/C16H14O3/c1-11-3-2-4-13(9-11)14(17)7-5-12-6-8-15(18)16(19)10-12/h2-10,18-19H,1H3/b7-5+. The van der Waals surface area contributed by atoms with Crippen molar-refractivity contribution in [1.82, 2.24) is 0 Å². The Morgan fingerprint density at radius 2 is 1.84 bits per heavy atom. The zero-order chi connectivity index (χ0) is 13.8. The molecule has 2 rings (SSSR count). The minimum atomic E-state index is -0.204. The monoisotopic (exact) mass is 254 g/mol. The Hall–Kier alpha value is -2.55. The Balaban J connectivity index is 2.18. The number of hydrogen-bond donors (Lipinski definition) is 2. The summed E-state index contributed by atoms with van der Waals surface area (Å²) < 4.78 is 0. The van der Waals surface area contributed by atoms with Crippen molar-refractivity contribution in [2.24, 2.45) is 0 Å². The van der Waals surface area contributed by atoms with Crippen LogP contribution in [0.5, 0.6) is 11.5 Å². The molecule has 0 saturated carbocycles. The molecule has 3 nitrogen and oxygen atoms in total. The van der Waals surface area contributed by atoms with Gasteiger partial charge in [-0.3, -0.25) is 4.79 Å². The molecule has 2 N–H and O–H groups in total. The molecule has 0 spiro atoms. The summed E-state index contributed by atoms with van der Waals surface area (Å²) in [5.41, 5.74) is 2.30. The second kappa shape index (κ2) is 5.40. The Kier molecular flexibility index (Phi) is 3.66. The lowest BCUT2D eigenvalue weighted by molar-refractivity contribution is 0.104. The molecule has 0 unspecified atom stereocenters. The molecule has 0 aliphatic heterocycles. The summed E-state index contributed by atoms with van der Waals surface area (Å²) in [6, 6.07) is 11.7. The highest BCUT2D eigenvalue weighted by atomic mass is 16.3. The van der Waals surface area contributed by atoms with Gasteiger partial charge in [0.05, 0.1) is 0 Å². The molecular formula is C16H14O3. The van der Waals surface area contributed by atoms with E-state index in [9.17, 15) is 15.0 Å². The Morgan fingerprint density at radius 3 is 2.53 bits per heavy atom. The van der Waals surface area contributed by atoms with Gasteiger partial charge < -0.3 is 10.2 Å². The highest BCUT2D eigenvalue weighted by molar-refractivity contribution is 6.06. The minimum absolute atomic E-state index is 0.101. The highest BCUT2D eigenvalue weighted by Crippen LogP contribution is 2.25. The van der Waals surface area contributed by atoms with E-state index < -0.39 is 0 Å². The first-order valence-electron chi connectivity index (χ1n) is 5.87. The number of ketones is 1. The normalized spacial score (nSPS) is 10.8. The predicted molar refractivity (Wildman–Crippen MR) is 74.3 cm³/mol. The maximum atomic E-state index is 11.9. The van der Waals surface area contributed by atoms with Crippen molar-refractivity contribution in [3.63, 3.8) is 0 Å². The van der Waals surface area contributed by atoms with Gasteiger partial charge in [0.1, 0.15) is 0 Å². The van der Waals surface area contributed by atoms with E-state index in [4.69, 9.17) is 0 Å². The molecule has 0 heterocycles. The van der Waals surface area contributed by atoms with E-state index in [0.717, 1.165) is 5.56 Å². The molecule has 96 valence electrons. The van der Waals surface area contributed by atoms with Gasteiger partial charge in [-0.05, 0) is 36.8 Å². The molecule has 0 saturated heterocycles. The quantitative estimate of drug-likeness (QED) is 0.502. The third-order valence-electron chi connectivity index (χ3n) is 2.73. The van der Waals surface area contributed by atoms with Crippen LogP contribution in [-0.4, -0.2) is 16.0 Å². The number of allylic oxidation sites excluding steroid dienone is 1. The molecule has 19 heavy (non-hydrogen) atoms. The summed E-state index contributed by atoms with van der Waals surface area (Å²) in [5.74, 6) is -0.483. The number of phenolic OH excluding ortho intramolecular Hbond substituents is 2. The van der Waals surface area contributed by atoms with E-state index >= 15 is 0 Å². The van der Waals surface area contributed by atoms with E-state index in [1.165, 1.54) is 18.2 Å². The second-order valence-corrected chi connectivity index (χ2v) is 4.32. The average Bonchev–Trinajstić information content (AvgIpc) is 2.40. The topological polar surface area (TPSA) is 57.5 Å². The van der Waals surface area contributed by atoms with Crippen molar-refractivity contribution in [3.8, 4) is 11.5 Å². The highest BCUT2D eigenvalue weighted by Gasteiger charge is 2.02. The van der Waals surface area contributed by atoms with Crippen LogP contribution in [0.15, 0.2) is 48.5 Å². The zero-order valence-corrected chi connectivity index (χ0v) is 10.5. The lowest BCUT2D eigenvalue weighted by Gasteiger charge is -1.99. The van der Waals surface area contributed by atoms with Crippen molar-refractivity contribution in [2.75, 3.05) is 0 Å². The summed E-state index contributed by atoms with van der Waals surface area (Å²) >= 11 is 0. The van der Waals surface area contributed by atoms with Gasteiger partial charge in [-0.2, -0.15) is 0 Å². The minimum Gasteiger partial charge on any atom is -0.504 e. The first-order chi connectivity index (χ1) is 9.06. The van der Waals surface area contributed by atoms with Crippen molar-refractivity contribution in [3.05, 3.63) is 65.2 Å². The van der Waals surface area contributed by atoms with Crippen molar-refractivity contribution in [1.29, 1.82) is 0 Å². The van der Waals surface area contributed by atoms with Crippen LogP contribution in [0.4, 0.5) is 0 Å². The Bertz CT molecular complexity index is 642. The van der Waals surface area contributed by atoms with Crippen LogP contribution < -0.4 is 0 Å². The average molecular weight is 254 g/mol. The molecule has 0 aromatic heterocycles. The van der Waals surface area contributed by atoms with Crippen molar-refractivity contribution >= 4 is 11.9 Å². The predicted octanol–water partition coefficient (Wildman–Crippen LogP) is 3.30. The molecule has 3 heteroatoms. The number of phenols is 2. The van der Waals surface area contributed by atoms with Crippen molar-refractivity contribution in [2.45, 2.75) is 6.92 Å². The lowest BCUT2D eigenvalue weighted by atomic mass is 10.1. The van der Waals surface area contributed by atoms with Crippen molar-refractivity contribution < 1.29 is 15.0 Å². The molecule has 0 atom stereocenters. The Labute approximate surface area is 111 Å². The second-order valence-electron chi connectivity index (χ2n) is 4.32. The number of rotatable bonds is 3.